The molecule has 1 radical (unpaired) electrons. The minimum atomic E-state index is -0.348. The van der Waals surface area contributed by atoms with Crippen LogP contribution in [-0.2, 0) is 20.7 Å². The van der Waals surface area contributed by atoms with Crippen LogP contribution in [0.4, 0.5) is 0 Å². The van der Waals surface area contributed by atoms with Crippen LogP contribution in [0.1, 0.15) is 33.4 Å². The summed E-state index contributed by atoms with van der Waals surface area (Å²) >= 11 is 0. The van der Waals surface area contributed by atoms with Crippen LogP contribution in [0.5, 0.6) is 0 Å². The van der Waals surface area contributed by atoms with Gasteiger partial charge in [0.25, 0.3) is 0 Å². The third-order valence-electron chi connectivity index (χ3n) is 3.67. The van der Waals surface area contributed by atoms with Gasteiger partial charge < -0.3 is 24.1 Å². The standard InChI is InChI=1S/C13H20BNO3.BH2O2/c1-12(2)13(3,4)18-14(17-12)10-6-7-11(9-16-5)15-8-10;2-1-3/h6-8H,9H2,1-5H3;2-3H. The second-order valence-electron chi connectivity index (χ2n) is 5.72. The molecule has 0 spiro atoms. The van der Waals surface area contributed by atoms with Crippen molar-refractivity contribution in [3.8, 4) is 0 Å². The summed E-state index contributed by atoms with van der Waals surface area (Å²) in [5.74, 6) is 0. The maximum absolute atomic E-state index is 7.00. The van der Waals surface area contributed by atoms with Crippen molar-refractivity contribution in [3.63, 3.8) is 0 Å². The van der Waals surface area contributed by atoms with Crippen LogP contribution in [0.2, 0.25) is 0 Å². The monoisotopic (exact) mass is 294 g/mol. The molecule has 1 aliphatic heterocycles. The summed E-state index contributed by atoms with van der Waals surface area (Å²) in [4.78, 5) is 4.32. The number of nitrogens with zero attached hydrogens (tertiary/aromatic N) is 1. The van der Waals surface area contributed by atoms with Crippen molar-refractivity contribution < 1.29 is 24.1 Å². The molecule has 1 aliphatic rings. The van der Waals surface area contributed by atoms with Gasteiger partial charge in [-0.2, -0.15) is 0 Å². The molecule has 2 N–H and O–H groups in total. The van der Waals surface area contributed by atoms with E-state index in [1.807, 2.05) is 39.8 Å². The minimum Gasteiger partial charge on any atom is -0.429 e. The molecule has 1 aromatic heterocycles. The molecule has 115 valence electrons. The third-order valence-corrected chi connectivity index (χ3v) is 3.67. The Balaban J connectivity index is 0.000000677. The van der Waals surface area contributed by atoms with E-state index in [1.54, 1.807) is 13.3 Å². The lowest BCUT2D eigenvalue weighted by atomic mass is 9.80. The normalized spacial score (nSPS) is 18.9. The van der Waals surface area contributed by atoms with E-state index in [0.29, 0.717) is 6.61 Å². The quantitative estimate of drug-likeness (QED) is 0.766. The molecule has 0 unspecified atom stereocenters. The van der Waals surface area contributed by atoms with Crippen molar-refractivity contribution in [1.29, 1.82) is 0 Å². The van der Waals surface area contributed by atoms with Gasteiger partial charge in [-0.3, -0.25) is 4.98 Å². The molecule has 1 fully saturated rings. The molecule has 0 saturated carbocycles. The Bertz CT molecular complexity index is 423. The van der Waals surface area contributed by atoms with Gasteiger partial charge in [-0.05, 0) is 33.8 Å². The van der Waals surface area contributed by atoms with Crippen LogP contribution in [0.15, 0.2) is 18.3 Å². The summed E-state index contributed by atoms with van der Waals surface area (Å²) in [6.45, 7) is 8.68. The van der Waals surface area contributed by atoms with Crippen LogP contribution in [0.25, 0.3) is 0 Å². The second-order valence-corrected chi connectivity index (χ2v) is 5.72. The second kappa shape index (κ2) is 7.38. The highest BCUT2D eigenvalue weighted by molar-refractivity contribution is 6.62. The maximum Gasteiger partial charge on any atom is 0.496 e. The van der Waals surface area contributed by atoms with Crippen LogP contribution in [0.3, 0.4) is 0 Å². The number of hydrogen-bond donors (Lipinski definition) is 2. The van der Waals surface area contributed by atoms with Crippen LogP contribution in [-0.4, -0.2) is 48.1 Å². The fourth-order valence-electron chi connectivity index (χ4n) is 1.79. The van der Waals surface area contributed by atoms with Crippen molar-refractivity contribution in [1.82, 2.24) is 4.98 Å². The van der Waals surface area contributed by atoms with Crippen molar-refractivity contribution in [2.75, 3.05) is 7.11 Å². The number of ether oxygens (including phenoxy) is 1. The minimum absolute atomic E-state index is 0. The smallest absolute Gasteiger partial charge is 0.429 e. The average Bonchev–Trinajstić information content (AvgIpc) is 2.61. The molecule has 2 heterocycles. The Kier molecular flexibility index (Phi) is 6.37. The van der Waals surface area contributed by atoms with Gasteiger partial charge in [0, 0.05) is 18.8 Å². The van der Waals surface area contributed by atoms with Gasteiger partial charge in [-0.1, -0.05) is 6.07 Å². The van der Waals surface area contributed by atoms with Crippen molar-refractivity contribution in [2.45, 2.75) is 45.5 Å². The first-order chi connectivity index (χ1) is 9.77. The highest BCUT2D eigenvalue weighted by Gasteiger charge is 2.51. The highest BCUT2D eigenvalue weighted by atomic mass is 16.7. The lowest BCUT2D eigenvalue weighted by molar-refractivity contribution is 0.00578. The number of hydrogen-bond acceptors (Lipinski definition) is 6. The maximum atomic E-state index is 7.00. The summed E-state index contributed by atoms with van der Waals surface area (Å²) in [6, 6.07) is 3.91. The number of rotatable bonds is 3. The van der Waals surface area contributed by atoms with E-state index in [4.69, 9.17) is 24.1 Å². The molecule has 21 heavy (non-hydrogen) atoms. The van der Waals surface area contributed by atoms with Gasteiger partial charge in [0.1, 0.15) is 0 Å². The van der Waals surface area contributed by atoms with Crippen molar-refractivity contribution >= 4 is 20.3 Å². The van der Waals surface area contributed by atoms with Gasteiger partial charge in [-0.25, -0.2) is 0 Å². The fraction of sp³-hybridized carbons (Fsp3) is 0.615. The van der Waals surface area contributed by atoms with E-state index < -0.39 is 0 Å². The number of pyridine rings is 1. The summed E-state index contributed by atoms with van der Waals surface area (Å²) in [6.07, 6.45) is 1.79. The largest absolute Gasteiger partial charge is 0.496 e. The lowest BCUT2D eigenvalue weighted by Crippen LogP contribution is -2.41. The Morgan fingerprint density at radius 3 is 2.10 bits per heavy atom. The Morgan fingerprint density at radius 1 is 1.19 bits per heavy atom. The zero-order valence-corrected chi connectivity index (χ0v) is 13.2. The fourth-order valence-corrected chi connectivity index (χ4v) is 1.79. The molecule has 8 heteroatoms. The Labute approximate surface area is 126 Å². The van der Waals surface area contributed by atoms with Crippen molar-refractivity contribution in [3.05, 3.63) is 24.0 Å². The average molecular weight is 294 g/mol. The molecule has 1 saturated heterocycles. The summed E-state index contributed by atoms with van der Waals surface area (Å²) in [5.41, 5.74) is 1.21. The summed E-state index contributed by atoms with van der Waals surface area (Å²) < 4.78 is 16.9. The van der Waals surface area contributed by atoms with E-state index >= 15 is 0 Å². The zero-order chi connectivity index (χ0) is 16.1. The van der Waals surface area contributed by atoms with E-state index in [-0.39, 0.29) is 26.0 Å². The van der Waals surface area contributed by atoms with Crippen LogP contribution < -0.4 is 5.46 Å². The SMILES string of the molecule is COCc1ccc(B2OC(C)(C)C(C)(C)O2)cn1.O[B]O. The molecular formula is C13H22B2NO5. The molecule has 0 amide bonds. The molecule has 0 bridgehead atoms. The van der Waals surface area contributed by atoms with Crippen LogP contribution in [0, 0.1) is 0 Å². The first kappa shape index (κ1) is 18.1. The third kappa shape index (κ3) is 4.52. The first-order valence-corrected chi connectivity index (χ1v) is 6.67. The highest BCUT2D eigenvalue weighted by Crippen LogP contribution is 2.36. The zero-order valence-electron chi connectivity index (χ0n) is 13.2. The molecule has 0 aromatic carbocycles. The number of aromatic nitrogens is 1. The van der Waals surface area contributed by atoms with Gasteiger partial charge in [-0.15, -0.1) is 0 Å². The van der Waals surface area contributed by atoms with Gasteiger partial charge >= 0.3 is 14.8 Å². The van der Waals surface area contributed by atoms with E-state index in [1.165, 1.54) is 0 Å². The Morgan fingerprint density at radius 2 is 1.71 bits per heavy atom. The predicted octanol–water partition coefficient (Wildman–Crippen LogP) is 0.0324. The first-order valence-electron chi connectivity index (χ1n) is 6.67. The molecule has 1 aromatic rings. The molecule has 0 atom stereocenters. The van der Waals surface area contributed by atoms with Crippen LogP contribution >= 0.6 is 0 Å². The molecule has 6 nitrogen and oxygen atoms in total. The Hall–Kier alpha value is -0.920. The van der Waals surface area contributed by atoms with Crippen molar-refractivity contribution in [2.24, 2.45) is 0 Å². The number of methoxy groups -OCH3 is 1. The van der Waals surface area contributed by atoms with Gasteiger partial charge in [0.15, 0.2) is 0 Å². The van der Waals surface area contributed by atoms with E-state index in [2.05, 4.69) is 4.98 Å². The van der Waals surface area contributed by atoms with E-state index in [9.17, 15) is 0 Å². The molecular weight excluding hydrogens is 272 g/mol. The lowest BCUT2D eigenvalue weighted by Gasteiger charge is -2.32. The van der Waals surface area contributed by atoms with E-state index in [0.717, 1.165) is 11.2 Å². The topological polar surface area (TPSA) is 81.0 Å². The van der Waals surface area contributed by atoms with Gasteiger partial charge in [0.05, 0.1) is 23.5 Å². The summed E-state index contributed by atoms with van der Waals surface area (Å²) in [5, 5.41) is 14.0. The molecule has 2 rings (SSSR count). The molecule has 0 aliphatic carbocycles. The predicted molar refractivity (Wildman–Crippen MR) is 80.9 cm³/mol. The van der Waals surface area contributed by atoms with Gasteiger partial charge in [0.2, 0.25) is 0 Å². The summed E-state index contributed by atoms with van der Waals surface area (Å²) in [7, 11) is 1.31.